The molecule has 0 aromatic heterocycles. The van der Waals surface area contributed by atoms with Gasteiger partial charge in [-0.15, -0.1) is 0 Å². The smallest absolute Gasteiger partial charge is 0.327 e. The van der Waals surface area contributed by atoms with Gasteiger partial charge in [-0.1, -0.05) is 6.58 Å². The van der Waals surface area contributed by atoms with Crippen molar-refractivity contribution in [3.05, 3.63) is 12.7 Å². The SMILES string of the molecule is C=CC(=O)O.N#CC#N. The Morgan fingerprint density at radius 3 is 1.78 bits per heavy atom. The second-order valence-electron chi connectivity index (χ2n) is 0.766. The lowest BCUT2D eigenvalue weighted by Crippen LogP contribution is -1.82. The van der Waals surface area contributed by atoms with Crippen LogP contribution in [0.15, 0.2) is 12.7 Å². The Bertz CT molecular complexity index is 160. The molecule has 0 unspecified atom stereocenters. The molecule has 46 valence electrons. The first-order chi connectivity index (χ1) is 4.18. The Morgan fingerprint density at radius 1 is 1.56 bits per heavy atom. The van der Waals surface area contributed by atoms with Crippen LogP contribution in [0.3, 0.4) is 0 Å². The summed E-state index contributed by atoms with van der Waals surface area (Å²) in [6, 6.07) is 2.47. The van der Waals surface area contributed by atoms with Crippen LogP contribution >= 0.6 is 0 Å². The molecule has 0 saturated heterocycles. The van der Waals surface area contributed by atoms with Crippen LogP contribution in [0.25, 0.3) is 0 Å². The van der Waals surface area contributed by atoms with Crippen LogP contribution in [-0.4, -0.2) is 11.1 Å². The van der Waals surface area contributed by atoms with E-state index in [2.05, 4.69) is 6.58 Å². The van der Waals surface area contributed by atoms with Crippen molar-refractivity contribution in [2.75, 3.05) is 0 Å². The van der Waals surface area contributed by atoms with Gasteiger partial charge in [0.2, 0.25) is 0 Å². The molecule has 0 radical (unpaired) electrons. The van der Waals surface area contributed by atoms with E-state index >= 15 is 0 Å². The number of nitrogens with zero attached hydrogens (tertiary/aromatic N) is 2. The van der Waals surface area contributed by atoms with Gasteiger partial charge in [-0.3, -0.25) is 0 Å². The summed E-state index contributed by atoms with van der Waals surface area (Å²) in [5, 5.41) is 22.1. The number of hydrogen-bond donors (Lipinski definition) is 1. The number of nitriles is 2. The third-order valence-corrected chi connectivity index (χ3v) is 0.225. The monoisotopic (exact) mass is 124 g/mol. The topological polar surface area (TPSA) is 84.9 Å². The van der Waals surface area contributed by atoms with E-state index in [0.717, 1.165) is 6.08 Å². The van der Waals surface area contributed by atoms with E-state index in [1.807, 2.05) is 0 Å². The molecule has 0 aromatic rings. The number of carbonyl (C=O) groups is 1. The van der Waals surface area contributed by atoms with E-state index in [9.17, 15) is 4.79 Å². The highest BCUT2D eigenvalue weighted by Crippen LogP contribution is 1.54. The average Bonchev–Trinajstić information content (AvgIpc) is 1.89. The van der Waals surface area contributed by atoms with Gasteiger partial charge in [0, 0.05) is 6.08 Å². The van der Waals surface area contributed by atoms with Crippen LogP contribution in [0.5, 0.6) is 0 Å². The minimum absolute atomic E-state index is 0.833. The molecule has 0 aliphatic carbocycles. The molecule has 9 heavy (non-hydrogen) atoms. The lowest BCUT2D eigenvalue weighted by atomic mass is 10.7. The maximum atomic E-state index is 9.25. The molecule has 0 aliphatic heterocycles. The summed E-state index contributed by atoms with van der Waals surface area (Å²) in [6.07, 6.45) is 0.833. The van der Waals surface area contributed by atoms with Gasteiger partial charge in [0.05, 0.1) is 0 Å². The maximum Gasteiger partial charge on any atom is 0.327 e. The van der Waals surface area contributed by atoms with Gasteiger partial charge in [0.1, 0.15) is 0 Å². The van der Waals surface area contributed by atoms with Gasteiger partial charge in [-0.2, -0.15) is 10.5 Å². The zero-order valence-electron chi connectivity index (χ0n) is 4.53. The first-order valence-corrected chi connectivity index (χ1v) is 1.82. The fraction of sp³-hybridized carbons (Fsp3) is 0. The number of hydrogen-bond acceptors (Lipinski definition) is 3. The van der Waals surface area contributed by atoms with Crippen molar-refractivity contribution in [1.29, 1.82) is 10.5 Å². The molecule has 0 heterocycles. The molecule has 0 spiro atoms. The fourth-order valence-electron chi connectivity index (χ4n) is 0. The quantitative estimate of drug-likeness (QED) is 0.509. The van der Waals surface area contributed by atoms with E-state index in [4.69, 9.17) is 15.6 Å². The van der Waals surface area contributed by atoms with Crippen LogP contribution in [0, 0.1) is 22.7 Å². The zero-order valence-corrected chi connectivity index (χ0v) is 4.53. The number of rotatable bonds is 1. The predicted molar refractivity (Wildman–Crippen MR) is 29.1 cm³/mol. The summed E-state index contributed by atoms with van der Waals surface area (Å²) in [5.41, 5.74) is 0. The third kappa shape index (κ3) is 76.7. The highest BCUT2D eigenvalue weighted by Gasteiger charge is 1.73. The Kier molecular flexibility index (Phi) is 10.8. The summed E-state index contributed by atoms with van der Waals surface area (Å²) in [7, 11) is 0. The molecule has 0 amide bonds. The number of carboxylic acid groups (broad SMARTS) is 1. The molecule has 0 saturated carbocycles. The highest BCUT2D eigenvalue weighted by molar-refractivity contribution is 5.78. The van der Waals surface area contributed by atoms with Crippen molar-refractivity contribution in [1.82, 2.24) is 0 Å². The van der Waals surface area contributed by atoms with E-state index < -0.39 is 5.97 Å². The van der Waals surface area contributed by atoms with Crippen LogP contribution in [0.1, 0.15) is 0 Å². The van der Waals surface area contributed by atoms with Crippen LogP contribution in [-0.2, 0) is 4.79 Å². The molecule has 0 fully saturated rings. The number of aliphatic carboxylic acids is 1. The van der Waals surface area contributed by atoms with Crippen molar-refractivity contribution in [3.63, 3.8) is 0 Å². The minimum Gasteiger partial charge on any atom is -0.478 e. The van der Waals surface area contributed by atoms with Gasteiger partial charge in [0.15, 0.2) is 12.1 Å². The van der Waals surface area contributed by atoms with Crippen molar-refractivity contribution in [2.45, 2.75) is 0 Å². The molecule has 1 N–H and O–H groups in total. The molecule has 0 aromatic carbocycles. The molecule has 0 rings (SSSR count). The molecule has 4 heteroatoms. The molecule has 0 aliphatic rings. The Labute approximate surface area is 52.3 Å². The second kappa shape index (κ2) is 9.50. The first-order valence-electron chi connectivity index (χ1n) is 1.82. The van der Waals surface area contributed by atoms with E-state index in [0.29, 0.717) is 0 Å². The van der Waals surface area contributed by atoms with Crippen LogP contribution in [0.4, 0.5) is 0 Å². The molecule has 0 atom stereocenters. The van der Waals surface area contributed by atoms with Crippen LogP contribution < -0.4 is 0 Å². The standard InChI is InChI=1S/C3H4O2.C2N2/c1-2-3(4)5;3-1-2-4/h2H,1H2,(H,4,5);. The summed E-state index contributed by atoms with van der Waals surface area (Å²) in [4.78, 5) is 9.25. The first kappa shape index (κ1) is 10.2. The lowest BCUT2D eigenvalue weighted by molar-refractivity contribution is -0.131. The largest absolute Gasteiger partial charge is 0.478 e. The van der Waals surface area contributed by atoms with Crippen molar-refractivity contribution < 1.29 is 9.90 Å². The van der Waals surface area contributed by atoms with Gasteiger partial charge in [-0.05, 0) is 0 Å². The van der Waals surface area contributed by atoms with E-state index in [-0.39, 0.29) is 0 Å². The normalized spacial score (nSPS) is 4.67. The van der Waals surface area contributed by atoms with Gasteiger partial charge >= 0.3 is 5.97 Å². The molecular formula is C5H4N2O2. The lowest BCUT2D eigenvalue weighted by Gasteiger charge is -1.64. The molecule has 4 nitrogen and oxygen atoms in total. The Balaban J connectivity index is 0. The van der Waals surface area contributed by atoms with Gasteiger partial charge < -0.3 is 5.11 Å². The summed E-state index contributed by atoms with van der Waals surface area (Å²) >= 11 is 0. The average molecular weight is 124 g/mol. The van der Waals surface area contributed by atoms with E-state index in [1.165, 1.54) is 12.1 Å². The summed E-state index contributed by atoms with van der Waals surface area (Å²) < 4.78 is 0. The second-order valence-corrected chi connectivity index (χ2v) is 0.766. The van der Waals surface area contributed by atoms with Crippen molar-refractivity contribution in [2.24, 2.45) is 0 Å². The van der Waals surface area contributed by atoms with Crippen molar-refractivity contribution >= 4 is 5.97 Å². The summed E-state index contributed by atoms with van der Waals surface area (Å²) in [6.45, 7) is 2.96. The maximum absolute atomic E-state index is 9.25. The van der Waals surface area contributed by atoms with Gasteiger partial charge in [-0.25, -0.2) is 4.79 Å². The Hall–Kier alpha value is -1.81. The fourth-order valence-corrected chi connectivity index (χ4v) is 0. The molecular weight excluding hydrogens is 120 g/mol. The minimum atomic E-state index is -0.981. The third-order valence-electron chi connectivity index (χ3n) is 0.225. The summed E-state index contributed by atoms with van der Waals surface area (Å²) in [5.74, 6) is -0.981. The van der Waals surface area contributed by atoms with Crippen LogP contribution in [0.2, 0.25) is 0 Å². The number of carboxylic acids is 1. The zero-order chi connectivity index (χ0) is 7.70. The molecule has 0 bridgehead atoms. The van der Waals surface area contributed by atoms with Crippen molar-refractivity contribution in [3.8, 4) is 12.1 Å². The Morgan fingerprint density at radius 2 is 1.78 bits per heavy atom. The van der Waals surface area contributed by atoms with Gasteiger partial charge in [0.25, 0.3) is 0 Å². The predicted octanol–water partition coefficient (Wildman–Crippen LogP) is 0.291. The highest BCUT2D eigenvalue weighted by atomic mass is 16.4. The van der Waals surface area contributed by atoms with E-state index in [1.54, 1.807) is 0 Å².